The molecule has 1 aliphatic carbocycles. The molecule has 0 bridgehead atoms. The summed E-state index contributed by atoms with van der Waals surface area (Å²) in [5.41, 5.74) is 6.36. The molecular weight excluding hydrogens is 230 g/mol. The maximum Gasteiger partial charge on any atom is 0.259 e. The fourth-order valence-electron chi connectivity index (χ4n) is 2.51. The van der Waals surface area contributed by atoms with Gasteiger partial charge in [0.05, 0.1) is 6.20 Å². The van der Waals surface area contributed by atoms with Crippen LogP contribution in [0.1, 0.15) is 23.2 Å². The summed E-state index contributed by atoms with van der Waals surface area (Å²) in [6.45, 7) is 3.56. The standard InChI is InChI=1S/C12H19N5O/c1-15-11(13)10(8-14-15)12(18)17-6-4-16(5-7-17)9-2-3-9/h8-9H,2-7,13H2,1H3. The molecule has 0 atom stereocenters. The Morgan fingerprint density at radius 3 is 2.50 bits per heavy atom. The molecule has 3 rings (SSSR count). The van der Waals surface area contributed by atoms with Crippen LogP contribution in [-0.2, 0) is 7.05 Å². The topological polar surface area (TPSA) is 67.4 Å². The molecule has 1 saturated carbocycles. The van der Waals surface area contributed by atoms with Crippen LogP contribution in [0.15, 0.2) is 6.20 Å². The van der Waals surface area contributed by atoms with Gasteiger partial charge in [0.2, 0.25) is 0 Å². The average Bonchev–Trinajstić information content (AvgIpc) is 3.18. The summed E-state index contributed by atoms with van der Waals surface area (Å²) in [5.74, 6) is 0.459. The van der Waals surface area contributed by atoms with E-state index in [1.165, 1.54) is 17.5 Å². The van der Waals surface area contributed by atoms with Crippen LogP contribution in [0.4, 0.5) is 5.82 Å². The zero-order valence-electron chi connectivity index (χ0n) is 10.7. The molecule has 1 saturated heterocycles. The summed E-state index contributed by atoms with van der Waals surface area (Å²) in [4.78, 5) is 16.7. The molecule has 98 valence electrons. The molecule has 18 heavy (non-hydrogen) atoms. The number of carbonyl (C=O) groups is 1. The predicted octanol–water partition coefficient (Wildman–Crippen LogP) is -0.0775. The second-order valence-corrected chi connectivity index (χ2v) is 5.13. The van der Waals surface area contributed by atoms with Crippen molar-refractivity contribution >= 4 is 11.7 Å². The van der Waals surface area contributed by atoms with Crippen LogP contribution in [0.25, 0.3) is 0 Å². The third kappa shape index (κ3) is 1.96. The number of aryl methyl sites for hydroxylation is 1. The number of nitrogens with two attached hydrogens (primary N) is 1. The molecule has 1 aromatic rings. The zero-order valence-corrected chi connectivity index (χ0v) is 10.7. The molecule has 2 heterocycles. The lowest BCUT2D eigenvalue weighted by Gasteiger charge is -2.34. The summed E-state index contributed by atoms with van der Waals surface area (Å²) in [7, 11) is 1.75. The van der Waals surface area contributed by atoms with Crippen molar-refractivity contribution in [2.24, 2.45) is 7.05 Å². The summed E-state index contributed by atoms with van der Waals surface area (Å²) in [5, 5.41) is 4.02. The third-order valence-corrected chi connectivity index (χ3v) is 3.88. The minimum absolute atomic E-state index is 0.0102. The van der Waals surface area contributed by atoms with E-state index < -0.39 is 0 Å². The van der Waals surface area contributed by atoms with Gasteiger partial charge in [0.1, 0.15) is 11.4 Å². The van der Waals surface area contributed by atoms with Gasteiger partial charge in [0.15, 0.2) is 0 Å². The largest absolute Gasteiger partial charge is 0.383 e. The fraction of sp³-hybridized carbons (Fsp3) is 0.667. The highest BCUT2D eigenvalue weighted by molar-refractivity contribution is 5.98. The Balaban J connectivity index is 1.65. The molecule has 6 nitrogen and oxygen atoms in total. The van der Waals surface area contributed by atoms with Gasteiger partial charge in [-0.3, -0.25) is 14.4 Å². The number of hydrogen-bond donors (Lipinski definition) is 1. The van der Waals surface area contributed by atoms with Crippen LogP contribution in [0.3, 0.4) is 0 Å². The van der Waals surface area contributed by atoms with Crippen LogP contribution in [0.5, 0.6) is 0 Å². The first-order valence-corrected chi connectivity index (χ1v) is 6.47. The zero-order chi connectivity index (χ0) is 12.7. The van der Waals surface area contributed by atoms with E-state index >= 15 is 0 Å². The first-order chi connectivity index (χ1) is 8.66. The number of anilines is 1. The lowest BCUT2D eigenvalue weighted by Crippen LogP contribution is -2.49. The smallest absolute Gasteiger partial charge is 0.259 e. The van der Waals surface area contributed by atoms with Crippen molar-refractivity contribution in [2.45, 2.75) is 18.9 Å². The Morgan fingerprint density at radius 1 is 1.33 bits per heavy atom. The minimum atomic E-state index is 0.0102. The summed E-state index contributed by atoms with van der Waals surface area (Å²) in [6, 6.07) is 0.783. The van der Waals surface area contributed by atoms with Gasteiger partial charge in [-0.25, -0.2) is 0 Å². The summed E-state index contributed by atoms with van der Waals surface area (Å²) < 4.78 is 1.54. The van der Waals surface area contributed by atoms with Crippen LogP contribution in [0.2, 0.25) is 0 Å². The normalized spacial score (nSPS) is 21.3. The fourth-order valence-corrected chi connectivity index (χ4v) is 2.51. The van der Waals surface area contributed by atoms with E-state index in [9.17, 15) is 4.79 Å². The van der Waals surface area contributed by atoms with E-state index in [0.717, 1.165) is 32.2 Å². The van der Waals surface area contributed by atoms with E-state index in [0.29, 0.717) is 11.4 Å². The molecule has 6 heteroatoms. The Hall–Kier alpha value is -1.56. The number of carbonyl (C=O) groups excluding carboxylic acids is 1. The van der Waals surface area contributed by atoms with Gasteiger partial charge in [-0.15, -0.1) is 0 Å². The molecule has 2 N–H and O–H groups in total. The Morgan fingerprint density at radius 2 is 2.00 bits per heavy atom. The molecule has 1 aromatic heterocycles. The number of aromatic nitrogens is 2. The molecular formula is C12H19N5O. The quantitative estimate of drug-likeness (QED) is 0.796. The van der Waals surface area contributed by atoms with Crippen molar-refractivity contribution in [3.05, 3.63) is 11.8 Å². The third-order valence-electron chi connectivity index (χ3n) is 3.88. The predicted molar refractivity (Wildman–Crippen MR) is 68.1 cm³/mol. The molecule has 1 amide bonds. The molecule has 1 aliphatic heterocycles. The van der Waals surface area contributed by atoms with E-state index in [1.54, 1.807) is 13.2 Å². The molecule has 0 radical (unpaired) electrons. The highest BCUT2D eigenvalue weighted by Crippen LogP contribution is 2.27. The summed E-state index contributed by atoms with van der Waals surface area (Å²) in [6.07, 6.45) is 4.21. The average molecular weight is 249 g/mol. The van der Waals surface area contributed by atoms with Gasteiger partial charge in [-0.05, 0) is 12.8 Å². The van der Waals surface area contributed by atoms with Crippen molar-refractivity contribution in [1.82, 2.24) is 19.6 Å². The molecule has 0 spiro atoms. The lowest BCUT2D eigenvalue weighted by atomic mass is 10.2. The Kier molecular flexibility index (Phi) is 2.74. The SMILES string of the molecule is Cn1ncc(C(=O)N2CCN(C3CC3)CC2)c1N. The maximum atomic E-state index is 12.3. The van der Waals surface area contributed by atoms with Crippen LogP contribution >= 0.6 is 0 Å². The minimum Gasteiger partial charge on any atom is -0.383 e. The van der Waals surface area contributed by atoms with E-state index in [2.05, 4.69) is 10.00 Å². The van der Waals surface area contributed by atoms with Crippen LogP contribution in [0, 0.1) is 0 Å². The Labute approximate surface area is 106 Å². The van der Waals surface area contributed by atoms with Gasteiger partial charge >= 0.3 is 0 Å². The van der Waals surface area contributed by atoms with Gasteiger partial charge < -0.3 is 10.6 Å². The maximum absolute atomic E-state index is 12.3. The van der Waals surface area contributed by atoms with Crippen molar-refractivity contribution < 1.29 is 4.79 Å². The molecule has 2 aliphatic rings. The number of piperazine rings is 1. The van der Waals surface area contributed by atoms with Crippen molar-refractivity contribution in [3.63, 3.8) is 0 Å². The number of nitrogen functional groups attached to an aromatic ring is 1. The highest BCUT2D eigenvalue weighted by atomic mass is 16.2. The molecule has 2 fully saturated rings. The van der Waals surface area contributed by atoms with Gasteiger partial charge in [-0.2, -0.15) is 5.10 Å². The van der Waals surface area contributed by atoms with Gasteiger partial charge in [0, 0.05) is 39.3 Å². The second-order valence-electron chi connectivity index (χ2n) is 5.13. The van der Waals surface area contributed by atoms with E-state index in [-0.39, 0.29) is 5.91 Å². The number of nitrogens with zero attached hydrogens (tertiary/aromatic N) is 4. The highest BCUT2D eigenvalue weighted by Gasteiger charge is 2.32. The van der Waals surface area contributed by atoms with Gasteiger partial charge in [0.25, 0.3) is 5.91 Å². The van der Waals surface area contributed by atoms with E-state index in [4.69, 9.17) is 5.73 Å². The molecule has 0 unspecified atom stereocenters. The van der Waals surface area contributed by atoms with Crippen molar-refractivity contribution in [2.75, 3.05) is 31.9 Å². The first-order valence-electron chi connectivity index (χ1n) is 6.47. The van der Waals surface area contributed by atoms with Crippen molar-refractivity contribution in [1.29, 1.82) is 0 Å². The number of rotatable bonds is 2. The first kappa shape index (κ1) is 11.5. The van der Waals surface area contributed by atoms with Crippen LogP contribution in [-0.4, -0.2) is 57.7 Å². The van der Waals surface area contributed by atoms with Gasteiger partial charge in [-0.1, -0.05) is 0 Å². The monoisotopic (exact) mass is 249 g/mol. The Bertz CT molecular complexity index is 457. The van der Waals surface area contributed by atoms with E-state index in [1.807, 2.05) is 4.90 Å². The van der Waals surface area contributed by atoms with Crippen molar-refractivity contribution in [3.8, 4) is 0 Å². The van der Waals surface area contributed by atoms with Crippen LogP contribution < -0.4 is 5.73 Å². The number of amides is 1. The number of hydrogen-bond acceptors (Lipinski definition) is 4. The molecule has 0 aromatic carbocycles. The lowest BCUT2D eigenvalue weighted by molar-refractivity contribution is 0.0628. The second kappa shape index (κ2) is 4.28. The summed E-state index contributed by atoms with van der Waals surface area (Å²) >= 11 is 0.